The average molecular weight is 713 g/mol. The zero-order valence-corrected chi connectivity index (χ0v) is 24.8. The minimum Gasteiger partial charge on any atom is -0.309 e. The van der Waals surface area contributed by atoms with Gasteiger partial charge in [-0.1, -0.05) is 118 Å². The highest BCUT2D eigenvalue weighted by Crippen LogP contribution is 2.35. The van der Waals surface area contributed by atoms with Crippen LogP contribution in [0, 0.1) is 0 Å². The lowest BCUT2D eigenvalue weighted by Crippen LogP contribution is -1.92. The van der Waals surface area contributed by atoms with Gasteiger partial charge in [-0.3, -0.25) is 0 Å². The third-order valence-corrected chi connectivity index (χ3v) is 7.77. The number of hydrogen-bond acceptors (Lipinski definition) is 0. The highest BCUT2D eigenvalue weighted by Gasteiger charge is 2.12. The molecule has 172 valence electrons. The summed E-state index contributed by atoms with van der Waals surface area (Å²) in [7, 11) is 0. The molecule has 1 nitrogen and oxygen atoms in total. The summed E-state index contributed by atoms with van der Waals surface area (Å²) in [5.74, 6) is 0. The zero-order valence-electron chi connectivity index (χ0n) is 18.4. The third-order valence-electron chi connectivity index (χ3n) is 5.73. The molecule has 0 saturated heterocycles. The van der Waals surface area contributed by atoms with Crippen molar-refractivity contribution in [3.63, 3.8) is 0 Å². The second kappa shape index (κ2) is 10.8. The molecule has 0 amide bonds. The van der Waals surface area contributed by atoms with Gasteiger partial charge in [-0.05, 0) is 71.8 Å². The number of halogens is 4. The maximum Gasteiger partial charge on any atom is 0.0552 e. The van der Waals surface area contributed by atoms with E-state index in [1.807, 2.05) is 6.07 Å². The maximum absolute atomic E-state index is 3.59. The molecular weight excluding hydrogens is 694 g/mol. The molecule has 1 aromatic heterocycles. The number of aromatic nitrogens is 1. The van der Waals surface area contributed by atoms with Gasteiger partial charge in [0, 0.05) is 34.4 Å². The number of benzene rings is 5. The molecule has 0 fully saturated rings. The van der Waals surface area contributed by atoms with E-state index in [1.54, 1.807) is 0 Å². The number of rotatable bonds is 2. The van der Waals surface area contributed by atoms with Crippen molar-refractivity contribution < 1.29 is 0 Å². The van der Waals surface area contributed by atoms with Crippen LogP contribution in [0.3, 0.4) is 0 Å². The van der Waals surface area contributed by atoms with Crippen molar-refractivity contribution in [1.29, 1.82) is 0 Å². The van der Waals surface area contributed by atoms with Gasteiger partial charge in [0.2, 0.25) is 0 Å². The fourth-order valence-electron chi connectivity index (χ4n) is 4.10. The standard InChI is InChI=1S/C18H11Br2N.C12H8Br2/c19-12-6-8-15-16-9-7-13(20)11-18(16)21(17(15)10-12)14-4-2-1-3-5-14;13-11-5-1-9(2-6-11)10-3-7-12(14)8-4-10/h1-11H;1-8H. The molecule has 0 aliphatic rings. The van der Waals surface area contributed by atoms with E-state index in [0.29, 0.717) is 0 Å². The summed E-state index contributed by atoms with van der Waals surface area (Å²) in [6.45, 7) is 0. The van der Waals surface area contributed by atoms with Crippen LogP contribution in [0.1, 0.15) is 0 Å². The fraction of sp³-hybridized carbons (Fsp3) is 0. The van der Waals surface area contributed by atoms with Crippen molar-refractivity contribution in [3.05, 3.63) is 133 Å². The average Bonchev–Trinajstić information content (AvgIpc) is 3.18. The maximum atomic E-state index is 3.59. The zero-order chi connectivity index (χ0) is 24.4. The summed E-state index contributed by atoms with van der Waals surface area (Å²) in [5.41, 5.74) is 6.07. The van der Waals surface area contributed by atoms with Crippen LogP contribution in [0.2, 0.25) is 0 Å². The lowest BCUT2D eigenvalue weighted by atomic mass is 10.1. The van der Waals surface area contributed by atoms with Gasteiger partial charge in [-0.25, -0.2) is 0 Å². The van der Waals surface area contributed by atoms with Gasteiger partial charge in [0.05, 0.1) is 11.0 Å². The molecule has 35 heavy (non-hydrogen) atoms. The topological polar surface area (TPSA) is 4.93 Å². The largest absolute Gasteiger partial charge is 0.309 e. The summed E-state index contributed by atoms with van der Waals surface area (Å²) >= 11 is 14.0. The lowest BCUT2D eigenvalue weighted by Gasteiger charge is -2.07. The van der Waals surface area contributed by atoms with Crippen molar-refractivity contribution in [3.8, 4) is 16.8 Å². The highest BCUT2D eigenvalue weighted by molar-refractivity contribution is 9.11. The minimum absolute atomic E-state index is 1.09. The molecule has 5 heteroatoms. The van der Waals surface area contributed by atoms with Gasteiger partial charge in [0.1, 0.15) is 0 Å². The molecule has 0 saturated carbocycles. The molecule has 0 aliphatic heterocycles. The summed E-state index contributed by atoms with van der Waals surface area (Å²) in [6, 6.07) is 40.0. The first-order valence-corrected chi connectivity index (χ1v) is 14.1. The molecule has 0 unspecified atom stereocenters. The second-order valence-electron chi connectivity index (χ2n) is 8.01. The lowest BCUT2D eigenvalue weighted by molar-refractivity contribution is 1.18. The Bertz CT molecular complexity index is 1500. The number of fused-ring (bicyclic) bond motifs is 3. The SMILES string of the molecule is Brc1ccc(-c2ccc(Br)cc2)cc1.Brc1ccc2c3ccc(Br)cc3n(-c3ccccc3)c2c1. The quantitative estimate of drug-likeness (QED) is 0.168. The Kier molecular flexibility index (Phi) is 7.59. The normalized spacial score (nSPS) is 10.9. The van der Waals surface area contributed by atoms with Gasteiger partial charge in [-0.15, -0.1) is 0 Å². The Morgan fingerprint density at radius 2 is 0.800 bits per heavy atom. The van der Waals surface area contributed by atoms with E-state index >= 15 is 0 Å². The van der Waals surface area contributed by atoms with E-state index in [-0.39, 0.29) is 0 Å². The van der Waals surface area contributed by atoms with Crippen molar-refractivity contribution in [2.75, 3.05) is 0 Å². The van der Waals surface area contributed by atoms with E-state index in [1.165, 1.54) is 38.6 Å². The Morgan fingerprint density at radius 1 is 0.400 bits per heavy atom. The summed E-state index contributed by atoms with van der Waals surface area (Å²) < 4.78 is 6.71. The van der Waals surface area contributed by atoms with Crippen LogP contribution in [-0.2, 0) is 0 Å². The molecule has 6 aromatic rings. The molecule has 6 rings (SSSR count). The minimum atomic E-state index is 1.09. The van der Waals surface area contributed by atoms with Crippen molar-refractivity contribution in [1.82, 2.24) is 4.57 Å². The van der Waals surface area contributed by atoms with Crippen LogP contribution in [0.5, 0.6) is 0 Å². The van der Waals surface area contributed by atoms with Gasteiger partial charge in [0.25, 0.3) is 0 Å². The van der Waals surface area contributed by atoms with Crippen LogP contribution in [0.15, 0.2) is 133 Å². The molecule has 0 radical (unpaired) electrons. The van der Waals surface area contributed by atoms with Crippen molar-refractivity contribution in [2.45, 2.75) is 0 Å². The van der Waals surface area contributed by atoms with E-state index in [9.17, 15) is 0 Å². The molecule has 5 aromatic carbocycles. The van der Waals surface area contributed by atoms with Gasteiger partial charge in [0.15, 0.2) is 0 Å². The van der Waals surface area contributed by atoms with Crippen molar-refractivity contribution in [2.24, 2.45) is 0 Å². The molecule has 0 aliphatic carbocycles. The third kappa shape index (κ3) is 5.49. The monoisotopic (exact) mass is 709 g/mol. The summed E-state index contributed by atoms with van der Waals surface area (Å²) in [6.07, 6.45) is 0. The predicted octanol–water partition coefficient (Wildman–Crippen LogP) is 11.2. The number of nitrogens with zero attached hydrogens (tertiary/aromatic N) is 1. The first-order chi connectivity index (χ1) is 17.0. The van der Waals surface area contributed by atoms with Gasteiger partial charge >= 0.3 is 0 Å². The van der Waals surface area contributed by atoms with Crippen LogP contribution in [0.4, 0.5) is 0 Å². The van der Waals surface area contributed by atoms with E-state index < -0.39 is 0 Å². The Hall–Kier alpha value is -2.18. The number of para-hydroxylation sites is 1. The van der Waals surface area contributed by atoms with E-state index in [4.69, 9.17) is 0 Å². The first-order valence-electron chi connectivity index (χ1n) is 11.0. The first kappa shape index (κ1) is 24.5. The van der Waals surface area contributed by atoms with Crippen LogP contribution >= 0.6 is 63.7 Å². The second-order valence-corrected chi connectivity index (χ2v) is 11.7. The summed E-state index contributed by atoms with van der Waals surface area (Å²) in [4.78, 5) is 0. The van der Waals surface area contributed by atoms with Crippen molar-refractivity contribution >= 4 is 85.5 Å². The fourth-order valence-corrected chi connectivity index (χ4v) is 5.33. The Balaban J connectivity index is 0.000000158. The molecule has 0 bridgehead atoms. The van der Waals surface area contributed by atoms with Crippen LogP contribution in [-0.4, -0.2) is 4.57 Å². The molecule has 0 spiro atoms. The predicted molar refractivity (Wildman–Crippen MR) is 163 cm³/mol. The Morgan fingerprint density at radius 3 is 1.23 bits per heavy atom. The molecular formula is C30H19Br4N. The van der Waals surface area contributed by atoms with E-state index in [0.717, 1.165) is 17.9 Å². The molecule has 0 N–H and O–H groups in total. The van der Waals surface area contributed by atoms with Crippen LogP contribution in [0.25, 0.3) is 38.6 Å². The summed E-state index contributed by atoms with van der Waals surface area (Å²) in [5, 5.41) is 2.54. The smallest absolute Gasteiger partial charge is 0.0552 e. The van der Waals surface area contributed by atoms with Gasteiger partial charge < -0.3 is 4.57 Å². The number of hydrogen-bond donors (Lipinski definition) is 0. The van der Waals surface area contributed by atoms with E-state index in [2.05, 4.69) is 177 Å². The highest BCUT2D eigenvalue weighted by atomic mass is 79.9. The Labute approximate surface area is 238 Å². The molecule has 0 atom stereocenters. The van der Waals surface area contributed by atoms with Gasteiger partial charge in [-0.2, -0.15) is 0 Å². The van der Waals surface area contributed by atoms with Crippen LogP contribution < -0.4 is 0 Å². The molecule has 1 heterocycles.